The Morgan fingerprint density at radius 3 is 2.95 bits per heavy atom. The smallest absolute Gasteiger partial charge is 0.272 e. The van der Waals surface area contributed by atoms with E-state index in [0.717, 1.165) is 36.7 Å². The number of nitrogens with one attached hydrogen (secondary N) is 1. The van der Waals surface area contributed by atoms with E-state index in [1.807, 2.05) is 12.1 Å². The number of hydrogen-bond acceptors (Lipinski definition) is 4. The molecule has 1 aromatic carbocycles. The zero-order valence-electron chi connectivity index (χ0n) is 12.7. The fraction of sp³-hybridized carbons (Fsp3) is 0.625. The second-order valence-electron chi connectivity index (χ2n) is 6.40. The highest BCUT2D eigenvalue weighted by molar-refractivity contribution is 5.43. The number of rotatable bonds is 3. The number of aryl methyl sites for hydroxylation is 1. The van der Waals surface area contributed by atoms with E-state index in [1.54, 1.807) is 13.0 Å². The second-order valence-corrected chi connectivity index (χ2v) is 6.40. The highest BCUT2D eigenvalue weighted by Gasteiger charge is 2.36. The number of fused-ring (bicyclic) bond motifs is 1. The van der Waals surface area contributed by atoms with Gasteiger partial charge in [0.1, 0.15) is 0 Å². The van der Waals surface area contributed by atoms with Crippen molar-refractivity contribution in [1.82, 2.24) is 10.2 Å². The van der Waals surface area contributed by atoms with Crippen LogP contribution in [0.5, 0.6) is 0 Å². The van der Waals surface area contributed by atoms with E-state index in [9.17, 15) is 10.1 Å². The third-order valence-electron chi connectivity index (χ3n) is 5.09. The molecule has 2 aliphatic rings. The molecule has 0 aliphatic carbocycles. The van der Waals surface area contributed by atoms with Crippen LogP contribution in [0.4, 0.5) is 5.69 Å². The van der Waals surface area contributed by atoms with Crippen molar-refractivity contribution in [2.24, 2.45) is 5.92 Å². The first kappa shape index (κ1) is 14.5. The topological polar surface area (TPSA) is 58.4 Å². The Balaban J connectivity index is 1.78. The lowest BCUT2D eigenvalue weighted by atomic mass is 9.94. The molecule has 2 saturated heterocycles. The van der Waals surface area contributed by atoms with Gasteiger partial charge in [0.2, 0.25) is 0 Å². The number of nitro benzene ring substituents is 1. The lowest BCUT2D eigenvalue weighted by Crippen LogP contribution is -2.40. The van der Waals surface area contributed by atoms with Crippen LogP contribution < -0.4 is 5.32 Å². The molecule has 3 rings (SSSR count). The number of likely N-dealkylation sites (tertiary alicyclic amines) is 1. The van der Waals surface area contributed by atoms with E-state index in [2.05, 4.69) is 17.1 Å². The van der Waals surface area contributed by atoms with Gasteiger partial charge in [-0.2, -0.15) is 0 Å². The molecule has 21 heavy (non-hydrogen) atoms. The first-order valence-corrected chi connectivity index (χ1v) is 7.78. The average molecular weight is 289 g/mol. The highest BCUT2D eigenvalue weighted by Crippen LogP contribution is 2.33. The van der Waals surface area contributed by atoms with Crippen LogP contribution in [0.15, 0.2) is 18.2 Å². The maximum atomic E-state index is 11.1. The Bertz CT molecular complexity index is 532. The van der Waals surface area contributed by atoms with Crippen molar-refractivity contribution in [3.05, 3.63) is 39.4 Å². The van der Waals surface area contributed by atoms with Gasteiger partial charge in [-0.25, -0.2) is 0 Å². The summed E-state index contributed by atoms with van der Waals surface area (Å²) in [4.78, 5) is 13.3. The molecular weight excluding hydrogens is 266 g/mol. The van der Waals surface area contributed by atoms with Crippen molar-refractivity contribution in [3.63, 3.8) is 0 Å². The van der Waals surface area contributed by atoms with Gasteiger partial charge < -0.3 is 5.32 Å². The number of benzene rings is 1. The van der Waals surface area contributed by atoms with Gasteiger partial charge >= 0.3 is 0 Å². The summed E-state index contributed by atoms with van der Waals surface area (Å²) in [5, 5.41) is 14.7. The minimum atomic E-state index is -0.281. The Morgan fingerprint density at radius 1 is 1.43 bits per heavy atom. The minimum Gasteiger partial charge on any atom is -0.312 e. The predicted octanol–water partition coefficient (Wildman–Crippen LogP) is 2.65. The molecule has 0 saturated carbocycles. The molecule has 2 aliphatic heterocycles. The monoisotopic (exact) mass is 289 g/mol. The third-order valence-corrected chi connectivity index (χ3v) is 5.09. The summed E-state index contributed by atoms with van der Waals surface area (Å²) < 4.78 is 0. The summed E-state index contributed by atoms with van der Waals surface area (Å²) in [6, 6.07) is 6.47. The van der Waals surface area contributed by atoms with E-state index < -0.39 is 0 Å². The molecule has 0 radical (unpaired) electrons. The van der Waals surface area contributed by atoms with Crippen molar-refractivity contribution >= 4 is 5.69 Å². The Morgan fingerprint density at radius 2 is 2.24 bits per heavy atom. The van der Waals surface area contributed by atoms with Gasteiger partial charge in [-0.1, -0.05) is 12.1 Å². The molecule has 1 aromatic rings. The molecule has 1 N–H and O–H groups in total. The predicted molar refractivity (Wildman–Crippen MR) is 82.3 cm³/mol. The Hall–Kier alpha value is -1.46. The fourth-order valence-corrected chi connectivity index (χ4v) is 3.69. The summed E-state index contributed by atoms with van der Waals surface area (Å²) in [5.41, 5.74) is 2.01. The van der Waals surface area contributed by atoms with Crippen molar-refractivity contribution in [1.29, 1.82) is 0 Å². The molecule has 5 heteroatoms. The Labute approximate surface area is 125 Å². The number of nitrogens with zero attached hydrogens (tertiary/aromatic N) is 2. The van der Waals surface area contributed by atoms with Gasteiger partial charge in [0.05, 0.1) is 4.92 Å². The molecule has 0 bridgehead atoms. The van der Waals surface area contributed by atoms with Crippen LogP contribution in [0.3, 0.4) is 0 Å². The lowest BCUT2D eigenvalue weighted by molar-refractivity contribution is -0.385. The van der Waals surface area contributed by atoms with E-state index in [-0.39, 0.29) is 16.7 Å². The molecule has 3 unspecified atom stereocenters. The molecule has 2 heterocycles. The molecule has 0 aromatic heterocycles. The molecule has 5 nitrogen and oxygen atoms in total. The van der Waals surface area contributed by atoms with Crippen molar-refractivity contribution in [2.45, 2.75) is 38.8 Å². The van der Waals surface area contributed by atoms with E-state index in [4.69, 9.17) is 0 Å². The van der Waals surface area contributed by atoms with Crippen LogP contribution in [-0.2, 0) is 0 Å². The quantitative estimate of drug-likeness (QED) is 0.686. The van der Waals surface area contributed by atoms with E-state index in [0.29, 0.717) is 6.04 Å². The normalized spacial score (nSPS) is 27.3. The zero-order valence-corrected chi connectivity index (χ0v) is 12.7. The van der Waals surface area contributed by atoms with Crippen LogP contribution in [0, 0.1) is 23.0 Å². The van der Waals surface area contributed by atoms with Crippen LogP contribution in [0.1, 0.15) is 36.9 Å². The third kappa shape index (κ3) is 2.80. The molecule has 0 amide bonds. The number of piperidine rings is 1. The van der Waals surface area contributed by atoms with Crippen LogP contribution >= 0.6 is 0 Å². The van der Waals surface area contributed by atoms with Gasteiger partial charge in [-0.05, 0) is 44.7 Å². The number of hydrogen-bond donors (Lipinski definition) is 1. The minimum absolute atomic E-state index is 0.231. The van der Waals surface area contributed by atoms with Gasteiger partial charge in [-0.15, -0.1) is 0 Å². The fourth-order valence-electron chi connectivity index (χ4n) is 3.69. The van der Waals surface area contributed by atoms with Crippen LogP contribution in [0.25, 0.3) is 0 Å². The summed E-state index contributed by atoms with van der Waals surface area (Å²) in [7, 11) is 0. The lowest BCUT2D eigenvalue weighted by Gasteiger charge is -2.25. The van der Waals surface area contributed by atoms with Crippen LogP contribution in [-0.4, -0.2) is 35.5 Å². The SMILES string of the molecule is Cc1ccc(C(C)N2CC3CCCNC3C2)cc1[N+](=O)[O-]. The summed E-state index contributed by atoms with van der Waals surface area (Å²) in [6.07, 6.45) is 2.56. The van der Waals surface area contributed by atoms with E-state index in [1.165, 1.54) is 12.8 Å². The van der Waals surface area contributed by atoms with Crippen molar-refractivity contribution in [2.75, 3.05) is 19.6 Å². The maximum absolute atomic E-state index is 11.1. The standard InChI is InChI=1S/C16H23N3O2/c1-11-5-6-13(8-16(11)19(20)21)12(2)18-9-14-4-3-7-17-15(14)10-18/h5-6,8,12,14-15,17H,3-4,7,9-10H2,1-2H3. The highest BCUT2D eigenvalue weighted by atomic mass is 16.6. The van der Waals surface area contributed by atoms with Gasteiger partial charge in [0.15, 0.2) is 0 Å². The zero-order chi connectivity index (χ0) is 15.0. The average Bonchev–Trinajstić information content (AvgIpc) is 2.90. The summed E-state index contributed by atoms with van der Waals surface area (Å²) in [5.74, 6) is 0.738. The van der Waals surface area contributed by atoms with Crippen molar-refractivity contribution in [3.8, 4) is 0 Å². The van der Waals surface area contributed by atoms with Gasteiger partial charge in [0, 0.05) is 36.8 Å². The first-order valence-electron chi connectivity index (χ1n) is 7.78. The molecular formula is C16H23N3O2. The van der Waals surface area contributed by atoms with E-state index >= 15 is 0 Å². The maximum Gasteiger partial charge on any atom is 0.272 e. The number of nitro groups is 1. The Kier molecular flexibility index (Phi) is 3.95. The molecule has 0 spiro atoms. The van der Waals surface area contributed by atoms with Crippen LogP contribution in [0.2, 0.25) is 0 Å². The molecule has 114 valence electrons. The summed E-state index contributed by atoms with van der Waals surface area (Å²) >= 11 is 0. The molecule has 2 fully saturated rings. The van der Waals surface area contributed by atoms with Gasteiger partial charge in [-0.3, -0.25) is 15.0 Å². The summed E-state index contributed by atoms with van der Waals surface area (Å²) in [6.45, 7) is 7.22. The second kappa shape index (κ2) is 5.73. The molecule has 3 atom stereocenters. The van der Waals surface area contributed by atoms with Gasteiger partial charge in [0.25, 0.3) is 5.69 Å². The van der Waals surface area contributed by atoms with Crippen molar-refractivity contribution < 1.29 is 4.92 Å². The largest absolute Gasteiger partial charge is 0.312 e. The first-order chi connectivity index (χ1) is 10.1.